The van der Waals surface area contributed by atoms with Gasteiger partial charge in [-0.05, 0) is 29.1 Å². The minimum atomic E-state index is -0.282. The smallest absolute Gasteiger partial charge is 0.348 e. The summed E-state index contributed by atoms with van der Waals surface area (Å²) in [5.41, 5.74) is 0.940. The van der Waals surface area contributed by atoms with Crippen LogP contribution in [0.5, 0.6) is 5.75 Å². The molecule has 0 spiro atoms. The fourth-order valence-corrected chi connectivity index (χ4v) is 1.95. The molecule has 0 aliphatic rings. The number of carbonyl (C=O) groups excluding carboxylic acids is 1. The van der Waals surface area contributed by atoms with E-state index >= 15 is 0 Å². The fourth-order valence-electron chi connectivity index (χ4n) is 1.34. The molecular weight excluding hydrogens is 236 g/mol. The Labute approximate surface area is 104 Å². The van der Waals surface area contributed by atoms with Gasteiger partial charge in [0.2, 0.25) is 0 Å². The van der Waals surface area contributed by atoms with E-state index in [0.29, 0.717) is 4.88 Å². The van der Waals surface area contributed by atoms with Gasteiger partial charge in [0.25, 0.3) is 0 Å². The van der Waals surface area contributed by atoms with E-state index in [1.165, 1.54) is 11.3 Å². The molecule has 0 aliphatic heterocycles. The molecule has 0 amide bonds. The number of carbonyl (C=O) groups is 1. The maximum absolute atomic E-state index is 11.6. The zero-order valence-corrected chi connectivity index (χ0v) is 10.2. The molecule has 88 valence electrons. The van der Waals surface area contributed by atoms with Crippen molar-refractivity contribution in [2.75, 3.05) is 7.11 Å². The van der Waals surface area contributed by atoms with Gasteiger partial charge in [0.15, 0.2) is 0 Å². The lowest BCUT2D eigenvalue weighted by Crippen LogP contribution is -2.02. The molecular formula is C13H12O3S. The largest absolute Gasteiger partial charge is 0.497 e. The highest BCUT2D eigenvalue weighted by Gasteiger charge is 2.07. The normalized spacial score (nSPS) is 9.94. The number of hydrogen-bond donors (Lipinski definition) is 0. The van der Waals surface area contributed by atoms with Crippen LogP contribution in [0.1, 0.15) is 15.2 Å². The van der Waals surface area contributed by atoms with Crippen molar-refractivity contribution in [2.24, 2.45) is 0 Å². The van der Waals surface area contributed by atoms with Crippen LogP contribution in [0.4, 0.5) is 0 Å². The maximum atomic E-state index is 11.6. The molecule has 0 fully saturated rings. The van der Waals surface area contributed by atoms with Crippen LogP contribution in [0.15, 0.2) is 41.8 Å². The first kappa shape index (κ1) is 11.7. The van der Waals surface area contributed by atoms with E-state index in [0.717, 1.165) is 11.3 Å². The van der Waals surface area contributed by atoms with Gasteiger partial charge in [-0.15, -0.1) is 11.3 Å². The van der Waals surface area contributed by atoms with Crippen molar-refractivity contribution in [1.29, 1.82) is 0 Å². The van der Waals surface area contributed by atoms with Gasteiger partial charge in [0, 0.05) is 0 Å². The monoisotopic (exact) mass is 248 g/mol. The second-order valence-electron chi connectivity index (χ2n) is 3.40. The highest BCUT2D eigenvalue weighted by molar-refractivity contribution is 7.11. The molecule has 0 atom stereocenters. The number of esters is 1. The van der Waals surface area contributed by atoms with Crippen molar-refractivity contribution in [3.05, 3.63) is 52.2 Å². The molecule has 2 aromatic rings. The van der Waals surface area contributed by atoms with E-state index in [2.05, 4.69) is 0 Å². The van der Waals surface area contributed by atoms with E-state index < -0.39 is 0 Å². The Morgan fingerprint density at radius 1 is 1.24 bits per heavy atom. The summed E-state index contributed by atoms with van der Waals surface area (Å²) >= 11 is 1.38. The second kappa shape index (κ2) is 5.50. The number of thiophene rings is 1. The van der Waals surface area contributed by atoms with Crippen molar-refractivity contribution in [1.82, 2.24) is 0 Å². The summed E-state index contributed by atoms with van der Waals surface area (Å²) < 4.78 is 10.2. The number of hydrogen-bond acceptors (Lipinski definition) is 4. The average molecular weight is 248 g/mol. The molecule has 0 N–H and O–H groups in total. The van der Waals surface area contributed by atoms with Gasteiger partial charge in [0.05, 0.1) is 7.11 Å². The van der Waals surface area contributed by atoms with Gasteiger partial charge < -0.3 is 9.47 Å². The summed E-state index contributed by atoms with van der Waals surface area (Å²) in [4.78, 5) is 12.2. The molecule has 4 heteroatoms. The van der Waals surface area contributed by atoms with Crippen LogP contribution < -0.4 is 4.74 Å². The van der Waals surface area contributed by atoms with Crippen molar-refractivity contribution in [3.8, 4) is 5.75 Å². The topological polar surface area (TPSA) is 35.5 Å². The van der Waals surface area contributed by atoms with Crippen molar-refractivity contribution >= 4 is 17.3 Å². The van der Waals surface area contributed by atoms with Crippen LogP contribution in [0, 0.1) is 0 Å². The molecule has 1 heterocycles. The molecule has 17 heavy (non-hydrogen) atoms. The number of ether oxygens (including phenoxy) is 2. The third kappa shape index (κ3) is 3.07. The third-order valence-electron chi connectivity index (χ3n) is 2.25. The number of methoxy groups -OCH3 is 1. The highest BCUT2D eigenvalue weighted by atomic mass is 32.1. The Hall–Kier alpha value is -1.81. The van der Waals surface area contributed by atoms with E-state index in [9.17, 15) is 4.79 Å². The molecule has 0 saturated carbocycles. The Morgan fingerprint density at radius 3 is 2.59 bits per heavy atom. The molecule has 0 saturated heterocycles. The first-order chi connectivity index (χ1) is 8.29. The average Bonchev–Trinajstić information content (AvgIpc) is 2.90. The summed E-state index contributed by atoms with van der Waals surface area (Å²) in [6.45, 7) is 0.278. The number of benzene rings is 1. The Morgan fingerprint density at radius 2 is 2.00 bits per heavy atom. The predicted octanol–water partition coefficient (Wildman–Crippen LogP) is 3.11. The molecule has 1 aromatic carbocycles. The van der Waals surface area contributed by atoms with E-state index in [4.69, 9.17) is 9.47 Å². The molecule has 0 radical (unpaired) electrons. The molecule has 3 nitrogen and oxygen atoms in total. The Balaban J connectivity index is 1.91. The highest BCUT2D eigenvalue weighted by Crippen LogP contribution is 2.14. The van der Waals surface area contributed by atoms with Crippen LogP contribution >= 0.6 is 11.3 Å². The lowest BCUT2D eigenvalue weighted by molar-refractivity contribution is 0.0478. The fraction of sp³-hybridized carbons (Fsp3) is 0.154. The summed E-state index contributed by atoms with van der Waals surface area (Å²) in [7, 11) is 1.62. The van der Waals surface area contributed by atoms with Crippen molar-refractivity contribution in [3.63, 3.8) is 0 Å². The molecule has 0 unspecified atom stereocenters. The molecule has 0 aliphatic carbocycles. The summed E-state index contributed by atoms with van der Waals surface area (Å²) in [5, 5.41) is 1.85. The quantitative estimate of drug-likeness (QED) is 0.780. The summed E-state index contributed by atoms with van der Waals surface area (Å²) in [6, 6.07) is 11.0. The van der Waals surface area contributed by atoms with Gasteiger partial charge in [-0.2, -0.15) is 0 Å². The molecule has 2 rings (SSSR count). The third-order valence-corrected chi connectivity index (χ3v) is 3.10. The lowest BCUT2D eigenvalue weighted by atomic mass is 10.2. The molecule has 1 aromatic heterocycles. The molecule has 0 bridgehead atoms. The minimum absolute atomic E-state index is 0.278. The standard InChI is InChI=1S/C13H12O3S/c1-15-11-6-4-10(5-7-11)9-16-13(14)12-3-2-8-17-12/h2-8H,9H2,1H3. The number of rotatable bonds is 4. The predicted molar refractivity (Wildman–Crippen MR) is 66.4 cm³/mol. The summed E-state index contributed by atoms with van der Waals surface area (Å²) in [6.07, 6.45) is 0. The van der Waals surface area contributed by atoms with Crippen molar-refractivity contribution in [2.45, 2.75) is 6.61 Å². The van der Waals surface area contributed by atoms with Crippen LogP contribution in [0.3, 0.4) is 0 Å². The van der Waals surface area contributed by atoms with E-state index in [1.807, 2.05) is 35.7 Å². The van der Waals surface area contributed by atoms with E-state index in [-0.39, 0.29) is 12.6 Å². The summed E-state index contributed by atoms with van der Waals surface area (Å²) in [5.74, 6) is 0.508. The second-order valence-corrected chi connectivity index (χ2v) is 4.35. The SMILES string of the molecule is COc1ccc(COC(=O)c2cccs2)cc1. The first-order valence-electron chi connectivity index (χ1n) is 5.13. The maximum Gasteiger partial charge on any atom is 0.348 e. The van der Waals surface area contributed by atoms with Crippen LogP contribution in [0.25, 0.3) is 0 Å². The Bertz CT molecular complexity index is 474. The minimum Gasteiger partial charge on any atom is -0.497 e. The first-order valence-corrected chi connectivity index (χ1v) is 6.01. The van der Waals surface area contributed by atoms with Crippen LogP contribution in [-0.4, -0.2) is 13.1 Å². The van der Waals surface area contributed by atoms with Crippen LogP contribution in [0.2, 0.25) is 0 Å². The van der Waals surface area contributed by atoms with Crippen molar-refractivity contribution < 1.29 is 14.3 Å². The zero-order chi connectivity index (χ0) is 12.1. The van der Waals surface area contributed by atoms with Gasteiger partial charge >= 0.3 is 5.97 Å². The van der Waals surface area contributed by atoms with Gasteiger partial charge in [-0.3, -0.25) is 0 Å². The zero-order valence-electron chi connectivity index (χ0n) is 9.38. The van der Waals surface area contributed by atoms with Gasteiger partial charge in [-0.25, -0.2) is 4.79 Å². The van der Waals surface area contributed by atoms with Gasteiger partial charge in [0.1, 0.15) is 17.2 Å². The van der Waals surface area contributed by atoms with Crippen LogP contribution in [-0.2, 0) is 11.3 Å². The Kier molecular flexibility index (Phi) is 3.77. The van der Waals surface area contributed by atoms with Gasteiger partial charge in [-0.1, -0.05) is 18.2 Å². The van der Waals surface area contributed by atoms with E-state index in [1.54, 1.807) is 13.2 Å². The lowest BCUT2D eigenvalue weighted by Gasteiger charge is -2.04.